The highest BCUT2D eigenvalue weighted by Crippen LogP contribution is 2.55. The maximum absolute atomic E-state index is 13.1. The Morgan fingerprint density at radius 2 is 1.86 bits per heavy atom. The summed E-state index contributed by atoms with van der Waals surface area (Å²) in [4.78, 5) is 25.3. The summed E-state index contributed by atoms with van der Waals surface area (Å²) in [6, 6.07) is 9.32. The van der Waals surface area contributed by atoms with E-state index in [0.29, 0.717) is 6.42 Å². The van der Waals surface area contributed by atoms with E-state index in [1.807, 2.05) is 42.5 Å². The lowest BCUT2D eigenvalue weighted by Gasteiger charge is -2.56. The van der Waals surface area contributed by atoms with Crippen LogP contribution in [0.4, 0.5) is 0 Å². The van der Waals surface area contributed by atoms with Crippen molar-refractivity contribution in [3.05, 3.63) is 48.0 Å². The number of allylic oxidation sites excluding steroid dienone is 1. The molecule has 1 saturated carbocycles. The Kier molecular flexibility index (Phi) is 3.54. The van der Waals surface area contributed by atoms with E-state index in [1.165, 1.54) is 14.2 Å². The maximum atomic E-state index is 13.1. The zero-order chi connectivity index (χ0) is 16.0. The van der Waals surface area contributed by atoms with Gasteiger partial charge in [-0.1, -0.05) is 42.5 Å². The van der Waals surface area contributed by atoms with Crippen LogP contribution in [0.5, 0.6) is 0 Å². The van der Waals surface area contributed by atoms with Crippen LogP contribution in [0.15, 0.2) is 42.5 Å². The first-order valence-electron chi connectivity index (χ1n) is 7.43. The number of methoxy groups -OCH3 is 2. The molecule has 4 rings (SSSR count). The summed E-state index contributed by atoms with van der Waals surface area (Å²) < 4.78 is 11.6. The fourth-order valence-electron chi connectivity index (χ4n) is 4.13. The summed E-state index contributed by atoms with van der Waals surface area (Å²) in [6.45, 7) is 1.55. The van der Waals surface area contributed by atoms with E-state index in [9.17, 15) is 9.59 Å². The fraction of sp³-hybridized carbons (Fsp3) is 0.444. The third kappa shape index (κ3) is 1.65. The lowest BCUT2D eigenvalue weighted by molar-refractivity contribution is -0.216. The Morgan fingerprint density at radius 3 is 2.41 bits per heavy atom. The van der Waals surface area contributed by atoms with Crippen molar-refractivity contribution >= 4 is 11.6 Å². The Hall–Kier alpha value is -1.78. The average Bonchev–Trinajstić information content (AvgIpc) is 2.56. The second-order valence-corrected chi connectivity index (χ2v) is 5.98. The van der Waals surface area contributed by atoms with Gasteiger partial charge >= 0.3 is 0 Å². The number of ketones is 2. The Bertz CT molecular complexity index is 636. The summed E-state index contributed by atoms with van der Waals surface area (Å²) >= 11 is 0. The minimum Gasteiger partial charge on any atom is -0.369 e. The monoisotopic (exact) mass is 300 g/mol. The van der Waals surface area contributed by atoms with E-state index < -0.39 is 17.1 Å². The topological polar surface area (TPSA) is 52.6 Å². The van der Waals surface area contributed by atoms with Crippen LogP contribution in [0.25, 0.3) is 0 Å². The van der Waals surface area contributed by atoms with Crippen LogP contribution in [0.3, 0.4) is 0 Å². The number of Topliss-reactive ketones (excluding diaryl/α,β-unsaturated/α-hetero) is 2. The van der Waals surface area contributed by atoms with E-state index in [4.69, 9.17) is 9.47 Å². The molecule has 0 spiro atoms. The lowest BCUT2D eigenvalue weighted by Crippen LogP contribution is -2.69. The smallest absolute Gasteiger partial charge is 0.184 e. The Labute approximate surface area is 130 Å². The van der Waals surface area contributed by atoms with Crippen LogP contribution >= 0.6 is 0 Å². The first-order valence-corrected chi connectivity index (χ1v) is 7.43. The Balaban J connectivity index is 2.30. The summed E-state index contributed by atoms with van der Waals surface area (Å²) in [7, 11) is 3.05. The molecule has 1 aromatic carbocycles. The number of benzene rings is 1. The van der Waals surface area contributed by atoms with Crippen molar-refractivity contribution in [1.82, 2.24) is 0 Å². The van der Waals surface area contributed by atoms with Gasteiger partial charge in [0.05, 0.1) is 5.92 Å². The Morgan fingerprint density at radius 1 is 1.18 bits per heavy atom. The SMILES string of the molecule is CO[C@@]12C=C[C@@H](C[C@H]1C(C)=O)C(=O)[C@]2(OC)c1ccccc1. The van der Waals surface area contributed by atoms with Crippen LogP contribution in [0.1, 0.15) is 18.9 Å². The van der Waals surface area contributed by atoms with Crippen molar-refractivity contribution in [2.75, 3.05) is 14.2 Å². The second kappa shape index (κ2) is 5.14. The zero-order valence-corrected chi connectivity index (χ0v) is 13.0. The van der Waals surface area contributed by atoms with Crippen molar-refractivity contribution in [2.45, 2.75) is 24.5 Å². The molecule has 3 aliphatic carbocycles. The maximum Gasteiger partial charge on any atom is 0.184 e. The summed E-state index contributed by atoms with van der Waals surface area (Å²) in [6.07, 6.45) is 4.19. The van der Waals surface area contributed by atoms with E-state index in [1.54, 1.807) is 6.92 Å². The normalized spacial score (nSPS) is 36.6. The second-order valence-electron chi connectivity index (χ2n) is 5.98. The molecule has 0 aliphatic heterocycles. The molecule has 4 nitrogen and oxygen atoms in total. The molecule has 0 heterocycles. The highest BCUT2D eigenvalue weighted by atomic mass is 16.6. The van der Waals surface area contributed by atoms with Gasteiger partial charge in [-0.2, -0.15) is 0 Å². The van der Waals surface area contributed by atoms with Crippen molar-refractivity contribution in [2.24, 2.45) is 11.8 Å². The zero-order valence-electron chi connectivity index (χ0n) is 13.0. The number of hydrogen-bond donors (Lipinski definition) is 0. The van der Waals surface area contributed by atoms with Crippen molar-refractivity contribution < 1.29 is 19.1 Å². The van der Waals surface area contributed by atoms with Crippen LogP contribution < -0.4 is 0 Å². The van der Waals surface area contributed by atoms with E-state index in [0.717, 1.165) is 5.56 Å². The van der Waals surface area contributed by atoms with Crippen LogP contribution in [-0.4, -0.2) is 31.4 Å². The molecule has 1 fully saturated rings. The summed E-state index contributed by atoms with van der Waals surface area (Å²) in [5.74, 6) is -0.736. The van der Waals surface area contributed by atoms with Crippen LogP contribution in [0.2, 0.25) is 0 Å². The number of ether oxygens (including phenoxy) is 2. The third-order valence-electron chi connectivity index (χ3n) is 5.13. The first kappa shape index (κ1) is 15.1. The number of rotatable bonds is 4. The predicted molar refractivity (Wildman–Crippen MR) is 81.3 cm³/mol. The van der Waals surface area contributed by atoms with E-state index in [2.05, 4.69) is 0 Å². The molecule has 4 atom stereocenters. The molecule has 0 saturated heterocycles. The highest BCUT2D eigenvalue weighted by molar-refractivity contribution is 5.99. The van der Waals surface area contributed by atoms with Gasteiger partial charge < -0.3 is 9.47 Å². The summed E-state index contributed by atoms with van der Waals surface area (Å²) in [5, 5.41) is 0. The van der Waals surface area contributed by atoms with Gasteiger partial charge in [0, 0.05) is 20.1 Å². The molecule has 1 aromatic rings. The van der Waals surface area contributed by atoms with Gasteiger partial charge in [-0.15, -0.1) is 0 Å². The summed E-state index contributed by atoms with van der Waals surface area (Å²) in [5.41, 5.74) is -1.65. The first-order chi connectivity index (χ1) is 10.5. The number of hydrogen-bond acceptors (Lipinski definition) is 4. The molecule has 3 aliphatic rings. The molecular formula is C18H20O4. The number of fused-ring (bicyclic) bond motifs is 2. The van der Waals surface area contributed by atoms with Gasteiger partial charge in [0.15, 0.2) is 11.4 Å². The van der Waals surface area contributed by atoms with E-state index in [-0.39, 0.29) is 17.5 Å². The van der Waals surface area contributed by atoms with Gasteiger partial charge in [0.2, 0.25) is 0 Å². The number of carbonyl (C=O) groups is 2. The van der Waals surface area contributed by atoms with Crippen molar-refractivity contribution in [3.8, 4) is 0 Å². The predicted octanol–water partition coefficient (Wildman–Crippen LogP) is 2.28. The molecule has 4 heteroatoms. The lowest BCUT2D eigenvalue weighted by atomic mass is 9.54. The number of carbonyl (C=O) groups excluding carboxylic acids is 2. The van der Waals surface area contributed by atoms with Crippen molar-refractivity contribution in [3.63, 3.8) is 0 Å². The van der Waals surface area contributed by atoms with Gasteiger partial charge in [0.1, 0.15) is 11.4 Å². The molecule has 2 bridgehead atoms. The molecule has 0 N–H and O–H groups in total. The molecule has 0 amide bonds. The largest absolute Gasteiger partial charge is 0.369 e. The van der Waals surface area contributed by atoms with Crippen LogP contribution in [-0.2, 0) is 24.7 Å². The molecular weight excluding hydrogens is 280 g/mol. The quantitative estimate of drug-likeness (QED) is 0.801. The molecule has 0 unspecified atom stereocenters. The van der Waals surface area contributed by atoms with Crippen molar-refractivity contribution in [1.29, 1.82) is 0 Å². The highest BCUT2D eigenvalue weighted by Gasteiger charge is 2.68. The average molecular weight is 300 g/mol. The molecule has 0 aromatic heterocycles. The van der Waals surface area contributed by atoms with Gasteiger partial charge in [-0.05, 0) is 18.9 Å². The van der Waals surface area contributed by atoms with Gasteiger partial charge in [-0.3, -0.25) is 9.59 Å². The van der Waals surface area contributed by atoms with Crippen LogP contribution in [0, 0.1) is 11.8 Å². The third-order valence-corrected chi connectivity index (χ3v) is 5.13. The molecule has 22 heavy (non-hydrogen) atoms. The molecule has 116 valence electrons. The van der Waals surface area contributed by atoms with Gasteiger partial charge in [-0.25, -0.2) is 0 Å². The fourth-order valence-corrected chi connectivity index (χ4v) is 4.13. The minimum atomic E-state index is -1.28. The van der Waals surface area contributed by atoms with Gasteiger partial charge in [0.25, 0.3) is 0 Å². The standard InChI is InChI=1S/C18H20O4/c1-12(19)15-11-13-9-10-17(15,21-2)18(22-3,16(13)20)14-7-5-4-6-8-14/h4-10,13,15H,11H2,1-3H3/t13-,15-,17-,18+/m0/s1. The minimum absolute atomic E-state index is 0.0149. The van der Waals surface area contributed by atoms with E-state index >= 15 is 0 Å². The molecule has 0 radical (unpaired) electrons.